The van der Waals surface area contributed by atoms with E-state index >= 15 is 0 Å². The molecule has 1 N–H and O–H groups in total. The van der Waals surface area contributed by atoms with Gasteiger partial charge in [-0.15, -0.1) is 19.0 Å². The summed E-state index contributed by atoms with van der Waals surface area (Å²) in [6.45, 7) is 7.73. The molecule has 1 aliphatic rings. The summed E-state index contributed by atoms with van der Waals surface area (Å²) >= 11 is 3.32. The van der Waals surface area contributed by atoms with Gasteiger partial charge in [0, 0.05) is 26.2 Å². The summed E-state index contributed by atoms with van der Waals surface area (Å²) in [5.74, 6) is -0.218. The first-order valence-electron chi connectivity index (χ1n) is 5.75. The van der Waals surface area contributed by atoms with Crippen LogP contribution in [-0.4, -0.2) is 31.1 Å². The van der Waals surface area contributed by atoms with Crippen molar-refractivity contribution in [1.82, 2.24) is 10.2 Å². The molecule has 5 heteroatoms. The van der Waals surface area contributed by atoms with Crippen molar-refractivity contribution >= 4 is 28.3 Å². The molecule has 1 aliphatic heterocycles. The molecule has 0 saturated carbocycles. The molecule has 100 valence electrons. The molecule has 18 heavy (non-hydrogen) atoms. The van der Waals surface area contributed by atoms with Gasteiger partial charge in [-0.3, -0.25) is 4.90 Å². The third-order valence-electron chi connectivity index (χ3n) is 3.07. The number of hydrogen-bond donors (Lipinski definition) is 1. The van der Waals surface area contributed by atoms with Crippen LogP contribution in [0.5, 0.6) is 0 Å². The van der Waals surface area contributed by atoms with Crippen LogP contribution < -0.4 is 5.32 Å². The fourth-order valence-electron chi connectivity index (χ4n) is 2.18. The van der Waals surface area contributed by atoms with E-state index in [0.29, 0.717) is 4.47 Å². The van der Waals surface area contributed by atoms with Gasteiger partial charge in [0.2, 0.25) is 0 Å². The molecule has 1 aromatic carbocycles. The largest absolute Gasteiger partial charge is 0.314 e. The van der Waals surface area contributed by atoms with Gasteiger partial charge < -0.3 is 5.32 Å². The van der Waals surface area contributed by atoms with E-state index in [0.717, 1.165) is 31.7 Å². The average Bonchev–Trinajstić information content (AvgIpc) is 2.37. The van der Waals surface area contributed by atoms with Crippen LogP contribution in [0.15, 0.2) is 35.3 Å². The maximum Gasteiger partial charge on any atom is 0.137 e. The van der Waals surface area contributed by atoms with Crippen LogP contribution in [0.1, 0.15) is 11.6 Å². The van der Waals surface area contributed by atoms with Crippen molar-refractivity contribution in [3.63, 3.8) is 0 Å². The number of nitrogens with one attached hydrogen (secondary N) is 1. The summed E-state index contributed by atoms with van der Waals surface area (Å²) in [4.78, 5) is 2.31. The minimum Gasteiger partial charge on any atom is -0.314 e. The first kappa shape index (κ1) is 15.6. The Bertz CT molecular complexity index is 408. The van der Waals surface area contributed by atoms with Crippen LogP contribution in [0.4, 0.5) is 4.39 Å². The number of piperazine rings is 1. The maximum absolute atomic E-state index is 13.5. The molecule has 2 rings (SSSR count). The smallest absolute Gasteiger partial charge is 0.137 e. The molecule has 1 heterocycles. The van der Waals surface area contributed by atoms with Crippen molar-refractivity contribution in [2.24, 2.45) is 0 Å². The fraction of sp³-hybridized carbons (Fsp3) is 0.385. The van der Waals surface area contributed by atoms with E-state index in [1.165, 1.54) is 6.07 Å². The zero-order chi connectivity index (χ0) is 12.3. The Labute approximate surface area is 122 Å². The second kappa shape index (κ2) is 7.24. The number of hydrogen-bond acceptors (Lipinski definition) is 2. The lowest BCUT2D eigenvalue weighted by molar-refractivity contribution is 0.203. The minimum absolute atomic E-state index is 0. The Balaban J connectivity index is 0.00000162. The molecule has 1 aromatic rings. The van der Waals surface area contributed by atoms with E-state index in [9.17, 15) is 4.39 Å². The lowest BCUT2D eigenvalue weighted by Gasteiger charge is -2.33. The van der Waals surface area contributed by atoms with Crippen LogP contribution in [0.25, 0.3) is 0 Å². The highest BCUT2D eigenvalue weighted by atomic mass is 79.9. The van der Waals surface area contributed by atoms with Gasteiger partial charge >= 0.3 is 0 Å². The van der Waals surface area contributed by atoms with Crippen LogP contribution >= 0.6 is 28.3 Å². The van der Waals surface area contributed by atoms with Gasteiger partial charge in [0.1, 0.15) is 5.82 Å². The predicted octanol–water partition coefficient (Wildman–Crippen LogP) is 3.14. The molecular formula is C13H17BrClFN2. The summed E-state index contributed by atoms with van der Waals surface area (Å²) in [5, 5.41) is 3.31. The SMILES string of the molecule is C=C[C@@H](c1cccc(F)c1Br)N1CCNCC1.Cl. The standard InChI is InChI=1S/C13H16BrFN2.ClH/c1-2-12(17-8-6-16-7-9-17)10-4-3-5-11(15)13(10)14;/h2-5,12,16H,1,6-9H2;1H/t12-;/m0./s1. The van der Waals surface area contributed by atoms with E-state index < -0.39 is 0 Å². The summed E-state index contributed by atoms with van der Waals surface area (Å²) in [5.41, 5.74) is 0.946. The summed E-state index contributed by atoms with van der Waals surface area (Å²) < 4.78 is 14.1. The Morgan fingerprint density at radius 1 is 1.39 bits per heavy atom. The lowest BCUT2D eigenvalue weighted by Crippen LogP contribution is -2.44. The number of benzene rings is 1. The first-order valence-corrected chi connectivity index (χ1v) is 6.54. The van der Waals surface area contributed by atoms with Crippen LogP contribution in [-0.2, 0) is 0 Å². The fourth-order valence-corrected chi connectivity index (χ4v) is 2.68. The zero-order valence-corrected chi connectivity index (χ0v) is 12.4. The number of nitrogens with zero attached hydrogens (tertiary/aromatic N) is 1. The van der Waals surface area contributed by atoms with Gasteiger partial charge in [-0.05, 0) is 27.6 Å². The quantitative estimate of drug-likeness (QED) is 0.854. The molecule has 0 spiro atoms. The molecule has 0 unspecified atom stereocenters. The molecule has 0 aliphatic carbocycles. The number of halogens is 3. The highest BCUT2D eigenvalue weighted by Gasteiger charge is 2.22. The third-order valence-corrected chi connectivity index (χ3v) is 3.90. The van der Waals surface area contributed by atoms with Crippen molar-refractivity contribution in [1.29, 1.82) is 0 Å². The highest BCUT2D eigenvalue weighted by Crippen LogP contribution is 2.30. The van der Waals surface area contributed by atoms with Gasteiger partial charge in [0.15, 0.2) is 0 Å². The van der Waals surface area contributed by atoms with Crippen LogP contribution in [0.2, 0.25) is 0 Å². The molecule has 0 amide bonds. The van der Waals surface area contributed by atoms with E-state index in [1.54, 1.807) is 6.07 Å². The molecule has 0 radical (unpaired) electrons. The first-order chi connectivity index (χ1) is 8.24. The van der Waals surface area contributed by atoms with Crippen molar-refractivity contribution < 1.29 is 4.39 Å². The second-order valence-electron chi connectivity index (χ2n) is 4.11. The summed E-state index contributed by atoms with van der Waals surface area (Å²) in [6, 6.07) is 5.23. The Morgan fingerprint density at radius 2 is 2.06 bits per heavy atom. The van der Waals surface area contributed by atoms with E-state index in [1.807, 2.05) is 12.1 Å². The minimum atomic E-state index is -0.218. The molecule has 1 saturated heterocycles. The van der Waals surface area contributed by atoms with Crippen molar-refractivity contribution in [3.05, 3.63) is 46.7 Å². The molecule has 0 bridgehead atoms. The third kappa shape index (κ3) is 3.32. The van der Waals surface area contributed by atoms with E-state index in [2.05, 4.69) is 32.7 Å². The van der Waals surface area contributed by atoms with Gasteiger partial charge in [-0.2, -0.15) is 0 Å². The second-order valence-corrected chi connectivity index (χ2v) is 4.90. The lowest BCUT2D eigenvalue weighted by atomic mass is 10.0. The van der Waals surface area contributed by atoms with Crippen molar-refractivity contribution in [2.45, 2.75) is 6.04 Å². The van der Waals surface area contributed by atoms with Gasteiger partial charge in [0.25, 0.3) is 0 Å². The van der Waals surface area contributed by atoms with E-state index in [4.69, 9.17) is 0 Å². The Morgan fingerprint density at radius 3 is 2.67 bits per heavy atom. The maximum atomic E-state index is 13.5. The Kier molecular flexibility index (Phi) is 6.29. The van der Waals surface area contributed by atoms with Gasteiger partial charge in [0.05, 0.1) is 10.5 Å². The molecule has 1 fully saturated rings. The Hall–Kier alpha value is -0.420. The topological polar surface area (TPSA) is 15.3 Å². The monoisotopic (exact) mass is 334 g/mol. The van der Waals surface area contributed by atoms with Crippen molar-refractivity contribution in [2.75, 3.05) is 26.2 Å². The van der Waals surface area contributed by atoms with Crippen molar-refractivity contribution in [3.8, 4) is 0 Å². The zero-order valence-electron chi connectivity index (χ0n) is 10.0. The van der Waals surface area contributed by atoms with E-state index in [-0.39, 0.29) is 24.3 Å². The predicted molar refractivity (Wildman–Crippen MR) is 78.7 cm³/mol. The van der Waals surface area contributed by atoms with Gasteiger partial charge in [-0.1, -0.05) is 18.2 Å². The van der Waals surface area contributed by atoms with Gasteiger partial charge in [-0.25, -0.2) is 4.39 Å². The molecule has 2 nitrogen and oxygen atoms in total. The normalized spacial score (nSPS) is 17.9. The van der Waals surface area contributed by atoms with Crippen LogP contribution in [0, 0.1) is 5.82 Å². The average molecular weight is 336 g/mol. The number of rotatable bonds is 3. The van der Waals surface area contributed by atoms with Crippen LogP contribution in [0.3, 0.4) is 0 Å². The molecular weight excluding hydrogens is 319 g/mol. The molecule has 0 aromatic heterocycles. The highest BCUT2D eigenvalue weighted by molar-refractivity contribution is 9.10. The summed E-state index contributed by atoms with van der Waals surface area (Å²) in [7, 11) is 0. The summed E-state index contributed by atoms with van der Waals surface area (Å²) in [6.07, 6.45) is 1.88. The molecule has 1 atom stereocenters.